The number of halogens is 8. The highest BCUT2D eigenvalue weighted by Gasteiger charge is 2.64. The Bertz CT molecular complexity index is 1360. The predicted molar refractivity (Wildman–Crippen MR) is 126 cm³/mol. The van der Waals surface area contributed by atoms with Crippen molar-refractivity contribution in [2.24, 2.45) is 5.16 Å². The van der Waals surface area contributed by atoms with Crippen molar-refractivity contribution in [2.45, 2.75) is 50.7 Å². The molecule has 2 aromatic rings. The molecule has 0 spiro atoms. The zero-order chi connectivity index (χ0) is 28.9. The second kappa shape index (κ2) is 10.00. The molecule has 2 aromatic carbocycles. The summed E-state index contributed by atoms with van der Waals surface area (Å²) in [4.78, 5) is 30.9. The van der Waals surface area contributed by atoms with E-state index in [1.165, 1.54) is 25.1 Å². The van der Waals surface area contributed by atoms with E-state index in [9.17, 15) is 40.3 Å². The van der Waals surface area contributed by atoms with Gasteiger partial charge in [-0.25, -0.2) is 4.39 Å². The van der Waals surface area contributed by atoms with Gasteiger partial charge in [-0.2, -0.15) is 26.3 Å². The van der Waals surface area contributed by atoms with E-state index in [1.807, 2.05) is 6.92 Å². The van der Waals surface area contributed by atoms with E-state index in [-0.39, 0.29) is 41.3 Å². The van der Waals surface area contributed by atoms with E-state index < -0.39 is 58.3 Å². The highest BCUT2D eigenvalue weighted by atomic mass is 35.5. The van der Waals surface area contributed by atoms with Gasteiger partial charge in [0.25, 0.3) is 11.5 Å². The fourth-order valence-corrected chi connectivity index (χ4v) is 4.84. The third kappa shape index (κ3) is 5.28. The van der Waals surface area contributed by atoms with Crippen LogP contribution in [-0.2, 0) is 21.4 Å². The zero-order valence-corrected chi connectivity index (χ0v) is 21.2. The largest absolute Gasteiger partial charge is 0.435 e. The molecule has 2 aliphatic rings. The minimum absolute atomic E-state index is 0.0132. The molecule has 1 saturated heterocycles. The topological polar surface area (TPSA) is 71.0 Å². The van der Waals surface area contributed by atoms with Gasteiger partial charge in [-0.05, 0) is 49.2 Å². The maximum Gasteiger partial charge on any atom is 0.435 e. The molecule has 39 heavy (non-hydrogen) atoms. The van der Waals surface area contributed by atoms with Gasteiger partial charge in [0.1, 0.15) is 5.82 Å². The van der Waals surface area contributed by atoms with Crippen LogP contribution < -0.4 is 5.32 Å². The Labute approximate surface area is 222 Å². The summed E-state index contributed by atoms with van der Waals surface area (Å²) < 4.78 is 97.5. The molecule has 0 aliphatic carbocycles. The molecule has 0 aromatic heterocycles. The molecule has 0 saturated carbocycles. The fraction of sp³-hybridized carbons (Fsp3) is 0.400. The van der Waals surface area contributed by atoms with Gasteiger partial charge in [-0.1, -0.05) is 22.8 Å². The van der Waals surface area contributed by atoms with E-state index in [1.54, 1.807) is 4.90 Å². The molecule has 4 rings (SSSR count). The monoisotopic (exact) mass is 579 g/mol. The van der Waals surface area contributed by atoms with E-state index in [0.29, 0.717) is 18.7 Å². The molecule has 0 radical (unpaired) electrons. The molecule has 2 aliphatic heterocycles. The number of likely N-dealkylation sites (tertiary alicyclic amines) is 1. The third-order valence-electron chi connectivity index (χ3n) is 6.71. The first-order chi connectivity index (χ1) is 18.1. The average molecular weight is 580 g/mol. The summed E-state index contributed by atoms with van der Waals surface area (Å²) in [6, 6.07) is 3.79. The minimum atomic E-state index is -5.38. The van der Waals surface area contributed by atoms with Gasteiger partial charge in [0.15, 0.2) is 0 Å². The second-order valence-corrected chi connectivity index (χ2v) is 9.69. The smallest absolute Gasteiger partial charge is 0.374 e. The average Bonchev–Trinajstić information content (AvgIpc) is 3.44. The molecule has 210 valence electrons. The van der Waals surface area contributed by atoms with Crippen LogP contribution in [0.15, 0.2) is 35.5 Å². The maximum atomic E-state index is 14.8. The summed E-state index contributed by atoms with van der Waals surface area (Å²) in [6.07, 6.45) is -11.5. The molecule has 0 bridgehead atoms. The van der Waals surface area contributed by atoms with Crippen LogP contribution >= 0.6 is 11.6 Å². The summed E-state index contributed by atoms with van der Waals surface area (Å²) in [5, 5.41) is 5.05. The summed E-state index contributed by atoms with van der Waals surface area (Å²) in [6.45, 7) is 4.18. The summed E-state index contributed by atoms with van der Waals surface area (Å²) in [5.74, 6) is -2.31. The molecule has 0 unspecified atom stereocenters. The number of nitrogens with zero attached hydrogens (tertiary/aromatic N) is 2. The van der Waals surface area contributed by atoms with Crippen molar-refractivity contribution in [1.29, 1.82) is 0 Å². The van der Waals surface area contributed by atoms with Gasteiger partial charge in [-0.3, -0.25) is 9.59 Å². The number of aryl methyl sites for hydroxylation is 1. The lowest BCUT2D eigenvalue weighted by Crippen LogP contribution is -2.43. The van der Waals surface area contributed by atoms with Gasteiger partial charge in [0.2, 0.25) is 5.91 Å². The van der Waals surface area contributed by atoms with E-state index in [0.717, 1.165) is 0 Å². The number of alkyl halides is 6. The molecule has 2 atom stereocenters. The van der Waals surface area contributed by atoms with Gasteiger partial charge < -0.3 is 15.1 Å². The number of hydrogen-bond donors (Lipinski definition) is 1. The van der Waals surface area contributed by atoms with E-state index in [4.69, 9.17) is 11.6 Å². The first kappa shape index (κ1) is 28.7. The van der Waals surface area contributed by atoms with Gasteiger partial charge in [-0.15, -0.1) is 0 Å². The lowest BCUT2D eigenvalue weighted by atomic mass is 9.85. The molecule has 2 amide bonds. The summed E-state index contributed by atoms with van der Waals surface area (Å²) >= 11 is 5.53. The number of likely N-dealkylation sites (N-methyl/N-ethyl adjacent to an activating group) is 1. The number of carbonyl (C=O) groups excluding carboxylic acids is 2. The lowest BCUT2D eigenvalue weighted by Gasteiger charge is -2.30. The Hall–Kier alpha value is -3.35. The molecule has 2 heterocycles. The molecular weight excluding hydrogens is 559 g/mol. The van der Waals surface area contributed by atoms with Crippen LogP contribution in [-0.4, -0.2) is 47.7 Å². The Morgan fingerprint density at radius 1 is 1.21 bits per heavy atom. The Morgan fingerprint density at radius 2 is 1.90 bits per heavy atom. The fourth-order valence-electron chi connectivity index (χ4n) is 4.62. The van der Waals surface area contributed by atoms with E-state index in [2.05, 4.69) is 15.3 Å². The quantitative estimate of drug-likeness (QED) is 0.460. The van der Waals surface area contributed by atoms with Crippen LogP contribution in [0.25, 0.3) is 0 Å². The molecule has 1 N–H and O–H groups in total. The van der Waals surface area contributed by atoms with Crippen molar-refractivity contribution in [2.75, 3.05) is 13.1 Å². The van der Waals surface area contributed by atoms with Crippen LogP contribution in [0.1, 0.15) is 52.4 Å². The van der Waals surface area contributed by atoms with Crippen molar-refractivity contribution < 1.29 is 45.2 Å². The van der Waals surface area contributed by atoms with Crippen LogP contribution in [0.5, 0.6) is 0 Å². The third-order valence-corrected chi connectivity index (χ3v) is 6.99. The number of amides is 2. The van der Waals surface area contributed by atoms with Crippen molar-refractivity contribution in [3.8, 4) is 0 Å². The number of benzene rings is 2. The van der Waals surface area contributed by atoms with Crippen molar-refractivity contribution in [3.63, 3.8) is 0 Å². The lowest BCUT2D eigenvalue weighted by molar-refractivity contribution is -0.276. The van der Waals surface area contributed by atoms with Crippen LogP contribution in [0, 0.1) is 12.7 Å². The van der Waals surface area contributed by atoms with E-state index >= 15 is 0 Å². The van der Waals surface area contributed by atoms with Gasteiger partial charge in [0.05, 0.1) is 28.8 Å². The van der Waals surface area contributed by atoms with Crippen molar-refractivity contribution >= 4 is 29.1 Å². The second-order valence-electron chi connectivity index (χ2n) is 9.28. The number of rotatable bonds is 5. The Kier molecular flexibility index (Phi) is 7.34. The first-order valence-electron chi connectivity index (χ1n) is 11.7. The standard InChI is InChI=1S/C25H21ClF7N3O3/c1-3-36-11-15(9-20(36)37)34-22(38)16-5-4-13(6-12(16)2)19-10-23(39-35-19,25(31,32)33)17-7-14(24(28,29)30)8-18(26)21(17)27/h4-8,15H,3,9-11H2,1-2H3,(H,34,38)/t15-,23+/m0/s1. The highest BCUT2D eigenvalue weighted by molar-refractivity contribution is 6.30. The first-order valence-corrected chi connectivity index (χ1v) is 12.0. The Morgan fingerprint density at radius 3 is 2.46 bits per heavy atom. The van der Waals surface area contributed by atoms with Crippen LogP contribution in [0.4, 0.5) is 30.7 Å². The van der Waals surface area contributed by atoms with Crippen molar-refractivity contribution in [3.05, 3.63) is 69.0 Å². The molecular formula is C25H21ClF7N3O3. The Balaban J connectivity index is 1.61. The number of carbonyl (C=O) groups is 2. The normalized spacial score (nSPS) is 21.7. The van der Waals surface area contributed by atoms with Crippen LogP contribution in [0.2, 0.25) is 5.02 Å². The highest BCUT2D eigenvalue weighted by Crippen LogP contribution is 2.51. The van der Waals surface area contributed by atoms with Gasteiger partial charge in [0, 0.05) is 30.6 Å². The maximum absolute atomic E-state index is 14.8. The van der Waals surface area contributed by atoms with Gasteiger partial charge >= 0.3 is 12.4 Å². The SMILES string of the molecule is CCN1C[C@@H](NC(=O)c2ccc(C3=NO[C@](c4cc(C(F)(F)F)cc(Cl)c4F)(C(F)(F)F)C3)cc2C)CC1=O. The summed E-state index contributed by atoms with van der Waals surface area (Å²) in [7, 11) is 0. The van der Waals surface area contributed by atoms with Crippen LogP contribution in [0.3, 0.4) is 0 Å². The minimum Gasteiger partial charge on any atom is -0.374 e. The van der Waals surface area contributed by atoms with Crippen molar-refractivity contribution in [1.82, 2.24) is 10.2 Å². The molecule has 14 heteroatoms. The summed E-state index contributed by atoms with van der Waals surface area (Å²) in [5.41, 5.74) is -6.30. The number of hydrogen-bond acceptors (Lipinski definition) is 4. The predicted octanol–water partition coefficient (Wildman–Crippen LogP) is 5.74. The number of oxime groups is 1. The number of nitrogens with one attached hydrogen (secondary N) is 1. The zero-order valence-electron chi connectivity index (χ0n) is 20.4. The molecule has 6 nitrogen and oxygen atoms in total. The molecule has 1 fully saturated rings.